The van der Waals surface area contributed by atoms with Crippen molar-refractivity contribution in [1.82, 2.24) is 4.90 Å². The first-order valence-electron chi connectivity index (χ1n) is 7.99. The molecule has 1 saturated heterocycles. The Labute approximate surface area is 134 Å². The van der Waals surface area contributed by atoms with Crippen LogP contribution in [0, 0.1) is 23.7 Å². The van der Waals surface area contributed by atoms with E-state index in [1.165, 1.54) is 4.90 Å². The third kappa shape index (κ3) is 2.03. The van der Waals surface area contributed by atoms with Crippen molar-refractivity contribution >= 4 is 23.4 Å². The quantitative estimate of drug-likeness (QED) is 0.684. The van der Waals surface area contributed by atoms with Crippen molar-refractivity contribution in [2.75, 3.05) is 5.32 Å². The second kappa shape index (κ2) is 5.05. The molecule has 5 unspecified atom stereocenters. The van der Waals surface area contributed by atoms with Crippen LogP contribution in [0.5, 0.6) is 0 Å². The zero-order chi connectivity index (χ0) is 16.1. The minimum atomic E-state index is -0.791. The van der Waals surface area contributed by atoms with Gasteiger partial charge < -0.3 is 5.32 Å². The molecule has 1 aromatic rings. The summed E-state index contributed by atoms with van der Waals surface area (Å²) in [5.74, 6) is -0.904. The minimum Gasteiger partial charge on any atom is -0.324 e. The summed E-state index contributed by atoms with van der Waals surface area (Å²) in [6.45, 7) is 1.62. The molecular weight excluding hydrogens is 292 g/mol. The van der Waals surface area contributed by atoms with Gasteiger partial charge in [-0.05, 0) is 37.3 Å². The van der Waals surface area contributed by atoms with Crippen LogP contribution < -0.4 is 5.32 Å². The largest absolute Gasteiger partial charge is 0.324 e. The molecule has 4 rings (SSSR count). The number of fused-ring (bicyclic) bond motifs is 5. The van der Waals surface area contributed by atoms with E-state index in [4.69, 9.17) is 0 Å². The average Bonchev–Trinajstić information content (AvgIpc) is 3.22. The van der Waals surface area contributed by atoms with E-state index in [0.29, 0.717) is 5.69 Å². The van der Waals surface area contributed by atoms with Crippen LogP contribution in [-0.4, -0.2) is 28.7 Å². The minimum absolute atomic E-state index is 0.163. The first-order chi connectivity index (χ1) is 11.1. The maximum atomic E-state index is 12.7. The number of para-hydroxylation sites is 1. The Morgan fingerprint density at radius 1 is 1.09 bits per heavy atom. The number of hydrogen-bond acceptors (Lipinski definition) is 3. The third-order valence-corrected chi connectivity index (χ3v) is 5.31. The van der Waals surface area contributed by atoms with Gasteiger partial charge in [0.1, 0.15) is 6.04 Å². The van der Waals surface area contributed by atoms with Crippen molar-refractivity contribution in [3.05, 3.63) is 42.5 Å². The number of imide groups is 1. The van der Waals surface area contributed by atoms with Crippen LogP contribution in [0.2, 0.25) is 0 Å². The molecule has 0 aromatic heterocycles. The fourth-order valence-corrected chi connectivity index (χ4v) is 4.19. The van der Waals surface area contributed by atoms with Crippen LogP contribution in [0.3, 0.4) is 0 Å². The van der Waals surface area contributed by atoms with Crippen LogP contribution >= 0.6 is 0 Å². The second-order valence-electron chi connectivity index (χ2n) is 6.58. The molecule has 1 aliphatic heterocycles. The molecule has 0 spiro atoms. The van der Waals surface area contributed by atoms with Gasteiger partial charge in [0.15, 0.2) is 0 Å². The molecule has 0 radical (unpaired) electrons. The highest BCUT2D eigenvalue weighted by molar-refractivity contribution is 6.10. The highest BCUT2D eigenvalue weighted by Crippen LogP contribution is 2.52. The summed E-state index contributed by atoms with van der Waals surface area (Å²) < 4.78 is 0. The number of amides is 3. The second-order valence-corrected chi connectivity index (χ2v) is 6.58. The van der Waals surface area contributed by atoms with Gasteiger partial charge in [-0.25, -0.2) is 0 Å². The molecule has 2 fully saturated rings. The summed E-state index contributed by atoms with van der Waals surface area (Å²) >= 11 is 0. The van der Waals surface area contributed by atoms with E-state index in [-0.39, 0.29) is 41.4 Å². The SMILES string of the molecule is CC(C(=O)Nc1ccccc1)N1C(=O)C2C3C=CC(C3)C2C1=O. The molecule has 1 aromatic carbocycles. The van der Waals surface area contributed by atoms with Crippen LogP contribution in [0.4, 0.5) is 5.69 Å². The highest BCUT2D eigenvalue weighted by atomic mass is 16.2. The Morgan fingerprint density at radius 3 is 2.22 bits per heavy atom. The van der Waals surface area contributed by atoms with Crippen molar-refractivity contribution in [2.45, 2.75) is 19.4 Å². The molecule has 118 valence electrons. The molecule has 5 atom stereocenters. The van der Waals surface area contributed by atoms with E-state index in [1.807, 2.05) is 18.2 Å². The Balaban J connectivity index is 1.53. The molecule has 23 heavy (non-hydrogen) atoms. The molecule has 2 bridgehead atoms. The van der Waals surface area contributed by atoms with Crippen molar-refractivity contribution < 1.29 is 14.4 Å². The number of likely N-dealkylation sites (tertiary alicyclic amines) is 1. The van der Waals surface area contributed by atoms with E-state index < -0.39 is 6.04 Å². The lowest BCUT2D eigenvalue weighted by Gasteiger charge is -2.23. The van der Waals surface area contributed by atoms with Gasteiger partial charge in [-0.2, -0.15) is 0 Å². The number of benzene rings is 1. The first kappa shape index (κ1) is 14.2. The smallest absolute Gasteiger partial charge is 0.247 e. The Kier molecular flexibility index (Phi) is 3.11. The van der Waals surface area contributed by atoms with Crippen molar-refractivity contribution in [3.8, 4) is 0 Å². The number of nitrogens with one attached hydrogen (secondary N) is 1. The van der Waals surface area contributed by atoms with Gasteiger partial charge in [0, 0.05) is 5.69 Å². The van der Waals surface area contributed by atoms with Gasteiger partial charge in [-0.1, -0.05) is 30.4 Å². The van der Waals surface area contributed by atoms with Gasteiger partial charge in [0.25, 0.3) is 0 Å². The molecule has 5 heteroatoms. The molecule has 1 saturated carbocycles. The molecule has 5 nitrogen and oxygen atoms in total. The van der Waals surface area contributed by atoms with Crippen LogP contribution in [0.15, 0.2) is 42.5 Å². The summed E-state index contributed by atoms with van der Waals surface area (Å²) in [7, 11) is 0. The Hall–Kier alpha value is -2.43. The number of rotatable bonds is 3. The molecule has 2 aliphatic carbocycles. The highest BCUT2D eigenvalue weighted by Gasteiger charge is 2.60. The lowest BCUT2D eigenvalue weighted by molar-refractivity contribution is -0.146. The Bertz CT molecular complexity index is 682. The lowest BCUT2D eigenvalue weighted by atomic mass is 9.85. The third-order valence-electron chi connectivity index (χ3n) is 5.31. The van der Waals surface area contributed by atoms with E-state index in [1.54, 1.807) is 19.1 Å². The van der Waals surface area contributed by atoms with Gasteiger partial charge >= 0.3 is 0 Å². The van der Waals surface area contributed by atoms with Gasteiger partial charge in [-0.3, -0.25) is 19.3 Å². The van der Waals surface area contributed by atoms with Gasteiger partial charge in [0.05, 0.1) is 11.8 Å². The average molecular weight is 310 g/mol. The lowest BCUT2D eigenvalue weighted by Crippen LogP contribution is -2.46. The van der Waals surface area contributed by atoms with E-state index in [0.717, 1.165) is 6.42 Å². The van der Waals surface area contributed by atoms with Crippen molar-refractivity contribution in [2.24, 2.45) is 23.7 Å². The van der Waals surface area contributed by atoms with Crippen LogP contribution in [-0.2, 0) is 14.4 Å². The van der Waals surface area contributed by atoms with E-state index >= 15 is 0 Å². The molecule has 3 aliphatic rings. The van der Waals surface area contributed by atoms with Crippen LogP contribution in [0.1, 0.15) is 13.3 Å². The van der Waals surface area contributed by atoms with Crippen molar-refractivity contribution in [3.63, 3.8) is 0 Å². The summed E-state index contributed by atoms with van der Waals surface area (Å²) in [6.07, 6.45) is 5.00. The monoisotopic (exact) mass is 310 g/mol. The molecule has 1 heterocycles. The van der Waals surface area contributed by atoms with E-state index in [2.05, 4.69) is 17.5 Å². The number of carbonyl (C=O) groups excluding carboxylic acids is 3. The van der Waals surface area contributed by atoms with Crippen LogP contribution in [0.25, 0.3) is 0 Å². The number of hydrogen-bond donors (Lipinski definition) is 1. The molecular formula is C18H18N2O3. The summed E-state index contributed by atoms with van der Waals surface area (Å²) in [4.78, 5) is 38.9. The topological polar surface area (TPSA) is 66.5 Å². The number of anilines is 1. The predicted octanol–water partition coefficient (Wildman–Crippen LogP) is 1.82. The summed E-state index contributed by atoms with van der Waals surface area (Å²) in [5, 5.41) is 2.76. The standard InChI is InChI=1S/C18H18N2O3/c1-10(16(21)19-13-5-3-2-4-6-13)20-17(22)14-11-7-8-12(9-11)15(14)18(20)23/h2-8,10-12,14-15H,9H2,1H3,(H,19,21). The molecule has 1 N–H and O–H groups in total. The normalized spacial score (nSPS) is 32.3. The van der Waals surface area contributed by atoms with E-state index in [9.17, 15) is 14.4 Å². The first-order valence-corrected chi connectivity index (χ1v) is 7.99. The zero-order valence-electron chi connectivity index (χ0n) is 12.8. The summed E-state index contributed by atoms with van der Waals surface area (Å²) in [5.41, 5.74) is 0.658. The number of carbonyl (C=O) groups is 3. The summed E-state index contributed by atoms with van der Waals surface area (Å²) in [6, 6.07) is 8.26. The predicted molar refractivity (Wildman–Crippen MR) is 84.1 cm³/mol. The Morgan fingerprint density at radius 2 is 1.65 bits per heavy atom. The fourth-order valence-electron chi connectivity index (χ4n) is 4.19. The van der Waals surface area contributed by atoms with Gasteiger partial charge in [0.2, 0.25) is 17.7 Å². The maximum absolute atomic E-state index is 12.7. The number of nitrogens with zero attached hydrogens (tertiary/aromatic N) is 1. The molecule has 3 amide bonds. The fraction of sp³-hybridized carbons (Fsp3) is 0.389. The van der Waals surface area contributed by atoms with Crippen molar-refractivity contribution in [1.29, 1.82) is 0 Å². The number of allylic oxidation sites excluding steroid dienone is 2. The zero-order valence-corrected chi connectivity index (χ0v) is 12.8. The maximum Gasteiger partial charge on any atom is 0.247 e. The van der Waals surface area contributed by atoms with Gasteiger partial charge in [-0.15, -0.1) is 0 Å².